The van der Waals surface area contributed by atoms with Gasteiger partial charge >= 0.3 is 6.09 Å². The van der Waals surface area contributed by atoms with Crippen molar-refractivity contribution < 1.29 is 31.3 Å². The molecule has 1 aromatic carbocycles. The number of cyclic esters (lactones) is 1. The first-order valence-electron chi connectivity index (χ1n) is 8.25. The number of halogens is 1. The van der Waals surface area contributed by atoms with Gasteiger partial charge in [0.1, 0.15) is 18.5 Å². The normalized spacial score (nSPS) is 21.0. The summed E-state index contributed by atoms with van der Waals surface area (Å²) in [5.74, 6) is -0.657. The van der Waals surface area contributed by atoms with Crippen LogP contribution in [0.4, 0.5) is 20.6 Å². The molecule has 11 heteroatoms. The Bertz CT molecular complexity index is 862. The molecule has 9 nitrogen and oxygen atoms in total. The average molecular weight is 401 g/mol. The summed E-state index contributed by atoms with van der Waals surface area (Å²) in [7, 11) is -1.95. The van der Waals surface area contributed by atoms with Crippen LogP contribution in [0.5, 0.6) is 0 Å². The number of ether oxygens (including phenoxy) is 1. The predicted octanol–water partition coefficient (Wildman–Crippen LogP) is 0.405. The lowest BCUT2D eigenvalue weighted by Crippen LogP contribution is -2.48. The van der Waals surface area contributed by atoms with Gasteiger partial charge in [-0.05, 0) is 18.2 Å². The van der Waals surface area contributed by atoms with Crippen LogP contribution in [0.1, 0.15) is 0 Å². The molecule has 0 aliphatic carbocycles. The molecule has 0 saturated carbocycles. The van der Waals surface area contributed by atoms with Crippen molar-refractivity contribution in [3.63, 3.8) is 0 Å². The topological polar surface area (TPSA) is 96.5 Å². The second-order valence-electron chi connectivity index (χ2n) is 6.48. The van der Waals surface area contributed by atoms with Crippen LogP contribution in [0, 0.1) is 5.82 Å². The highest BCUT2D eigenvalue weighted by Gasteiger charge is 2.34. The van der Waals surface area contributed by atoms with Crippen molar-refractivity contribution in [1.29, 1.82) is 0 Å². The Morgan fingerprint density at radius 3 is 2.67 bits per heavy atom. The standard InChI is InChI=1S/C16H20FN3O6S/c1-18-5-6-19(9-15(18)21)14-4-3-11(7-13(14)17)20-8-12(26-16(20)22)10-25-27(2,23)24/h3-4,7,12H,5-6,8-10H2,1-2H3/t12-/m1/s1. The van der Waals surface area contributed by atoms with Crippen molar-refractivity contribution in [3.05, 3.63) is 24.0 Å². The maximum atomic E-state index is 14.6. The van der Waals surface area contributed by atoms with E-state index in [1.807, 2.05) is 0 Å². The van der Waals surface area contributed by atoms with E-state index in [9.17, 15) is 22.4 Å². The van der Waals surface area contributed by atoms with Crippen LogP contribution in [-0.4, -0.2) is 77.5 Å². The van der Waals surface area contributed by atoms with E-state index >= 15 is 0 Å². The minimum absolute atomic E-state index is 0.0418. The SMILES string of the molecule is CN1CCN(c2ccc(N3C[C@H](COS(C)(=O)=O)OC3=O)cc2F)CC1=O. The lowest BCUT2D eigenvalue weighted by atomic mass is 10.2. The molecule has 0 spiro atoms. The summed E-state index contributed by atoms with van der Waals surface area (Å²) in [6, 6.07) is 4.26. The lowest BCUT2D eigenvalue weighted by Gasteiger charge is -2.33. The van der Waals surface area contributed by atoms with Gasteiger partial charge in [0.2, 0.25) is 5.91 Å². The molecule has 2 amide bonds. The Labute approximate surface area is 156 Å². The van der Waals surface area contributed by atoms with Crippen molar-refractivity contribution in [2.75, 3.05) is 55.9 Å². The van der Waals surface area contributed by atoms with Gasteiger partial charge in [-0.2, -0.15) is 8.42 Å². The Kier molecular flexibility index (Phi) is 5.24. The van der Waals surface area contributed by atoms with Crippen LogP contribution < -0.4 is 9.80 Å². The van der Waals surface area contributed by atoms with Crippen LogP contribution in [0.2, 0.25) is 0 Å². The van der Waals surface area contributed by atoms with Gasteiger partial charge in [-0.15, -0.1) is 0 Å². The number of piperazine rings is 1. The number of rotatable bonds is 5. The second-order valence-corrected chi connectivity index (χ2v) is 8.12. The summed E-state index contributed by atoms with van der Waals surface area (Å²) in [6.07, 6.45) is -0.581. The molecular formula is C16H20FN3O6S. The molecule has 1 aromatic rings. The molecule has 3 rings (SSSR count). The molecule has 0 bridgehead atoms. The zero-order valence-electron chi connectivity index (χ0n) is 14.9. The first-order valence-corrected chi connectivity index (χ1v) is 10.1. The van der Waals surface area contributed by atoms with Crippen molar-refractivity contribution in [1.82, 2.24) is 4.90 Å². The van der Waals surface area contributed by atoms with E-state index in [1.165, 1.54) is 17.0 Å². The largest absolute Gasteiger partial charge is 0.441 e. The average Bonchev–Trinajstić information content (AvgIpc) is 2.96. The zero-order valence-corrected chi connectivity index (χ0v) is 15.7. The fourth-order valence-corrected chi connectivity index (χ4v) is 3.30. The molecule has 2 saturated heterocycles. The third-order valence-electron chi connectivity index (χ3n) is 4.38. The third kappa shape index (κ3) is 4.48. The summed E-state index contributed by atoms with van der Waals surface area (Å²) in [5, 5.41) is 0. The smallest absolute Gasteiger partial charge is 0.414 e. The van der Waals surface area contributed by atoms with Gasteiger partial charge < -0.3 is 14.5 Å². The fraction of sp³-hybridized carbons (Fsp3) is 0.500. The molecule has 2 fully saturated rings. The Balaban J connectivity index is 1.70. The number of hydrogen-bond donors (Lipinski definition) is 0. The molecule has 2 aliphatic rings. The lowest BCUT2D eigenvalue weighted by molar-refractivity contribution is -0.129. The molecular weight excluding hydrogens is 381 g/mol. The van der Waals surface area contributed by atoms with Crippen molar-refractivity contribution >= 4 is 33.5 Å². The van der Waals surface area contributed by atoms with Crippen LogP contribution in [-0.2, 0) is 23.8 Å². The van der Waals surface area contributed by atoms with E-state index in [1.54, 1.807) is 22.9 Å². The predicted molar refractivity (Wildman–Crippen MR) is 94.7 cm³/mol. The number of likely N-dealkylation sites (N-methyl/N-ethyl adjacent to an activating group) is 1. The van der Waals surface area contributed by atoms with Gasteiger partial charge in [0.05, 0.1) is 30.7 Å². The van der Waals surface area contributed by atoms with Crippen LogP contribution in [0.15, 0.2) is 18.2 Å². The van der Waals surface area contributed by atoms with E-state index in [4.69, 9.17) is 4.74 Å². The van der Waals surface area contributed by atoms with Gasteiger partial charge in [0.25, 0.3) is 10.1 Å². The quantitative estimate of drug-likeness (QED) is 0.659. The molecule has 2 heterocycles. The number of hydrogen-bond acceptors (Lipinski definition) is 7. The molecule has 0 aromatic heterocycles. The second kappa shape index (κ2) is 7.31. The molecule has 1 atom stereocenters. The number of benzene rings is 1. The number of anilines is 2. The summed E-state index contributed by atoms with van der Waals surface area (Å²) < 4.78 is 46.4. The zero-order chi connectivity index (χ0) is 19.8. The maximum Gasteiger partial charge on any atom is 0.414 e. The van der Waals surface area contributed by atoms with Gasteiger partial charge in [-0.1, -0.05) is 0 Å². The summed E-state index contributed by atoms with van der Waals surface area (Å²) in [5.41, 5.74) is 0.563. The van der Waals surface area contributed by atoms with Crippen molar-refractivity contribution in [3.8, 4) is 0 Å². The fourth-order valence-electron chi connectivity index (χ4n) is 2.90. The Hall–Kier alpha value is -2.40. The highest BCUT2D eigenvalue weighted by molar-refractivity contribution is 7.85. The molecule has 27 heavy (non-hydrogen) atoms. The van der Waals surface area contributed by atoms with Gasteiger partial charge in [-0.25, -0.2) is 9.18 Å². The van der Waals surface area contributed by atoms with Crippen LogP contribution >= 0.6 is 0 Å². The highest BCUT2D eigenvalue weighted by Crippen LogP contribution is 2.28. The van der Waals surface area contributed by atoms with Crippen molar-refractivity contribution in [2.45, 2.75) is 6.10 Å². The van der Waals surface area contributed by atoms with Crippen molar-refractivity contribution in [2.24, 2.45) is 0 Å². The molecule has 148 valence electrons. The number of amides is 2. The first kappa shape index (κ1) is 19.4. The molecule has 0 N–H and O–H groups in total. The first-order chi connectivity index (χ1) is 12.6. The third-order valence-corrected chi connectivity index (χ3v) is 4.95. The van der Waals surface area contributed by atoms with E-state index in [-0.39, 0.29) is 37.0 Å². The van der Waals surface area contributed by atoms with E-state index in [0.717, 1.165) is 6.26 Å². The molecule has 0 radical (unpaired) electrons. The number of nitrogens with zero attached hydrogens (tertiary/aromatic N) is 3. The summed E-state index contributed by atoms with van der Waals surface area (Å²) in [6.45, 7) is 0.838. The Morgan fingerprint density at radius 1 is 1.30 bits per heavy atom. The minimum atomic E-state index is -3.65. The number of carbonyl (C=O) groups excluding carboxylic acids is 2. The minimum Gasteiger partial charge on any atom is -0.441 e. The van der Waals surface area contributed by atoms with Crippen LogP contribution in [0.3, 0.4) is 0 Å². The van der Waals surface area contributed by atoms with Gasteiger partial charge in [-0.3, -0.25) is 13.9 Å². The summed E-state index contributed by atoms with van der Waals surface area (Å²) in [4.78, 5) is 28.3. The van der Waals surface area contributed by atoms with Crippen LogP contribution in [0.25, 0.3) is 0 Å². The summed E-state index contributed by atoms with van der Waals surface area (Å²) >= 11 is 0. The molecule has 0 unspecified atom stereocenters. The Morgan fingerprint density at radius 2 is 2.04 bits per heavy atom. The van der Waals surface area contributed by atoms with E-state index < -0.39 is 28.1 Å². The van der Waals surface area contributed by atoms with Gasteiger partial charge in [0.15, 0.2) is 0 Å². The van der Waals surface area contributed by atoms with E-state index in [0.29, 0.717) is 13.1 Å². The van der Waals surface area contributed by atoms with E-state index in [2.05, 4.69) is 4.18 Å². The monoisotopic (exact) mass is 401 g/mol. The maximum absolute atomic E-state index is 14.6. The number of carbonyl (C=O) groups is 2. The highest BCUT2D eigenvalue weighted by atomic mass is 32.2. The van der Waals surface area contributed by atoms with Gasteiger partial charge in [0, 0.05) is 20.1 Å². The molecule has 2 aliphatic heterocycles.